The van der Waals surface area contributed by atoms with Crippen molar-refractivity contribution in [3.63, 3.8) is 0 Å². The van der Waals surface area contributed by atoms with E-state index in [0.717, 1.165) is 36.5 Å². The van der Waals surface area contributed by atoms with Crippen LogP contribution in [0.2, 0.25) is 0 Å². The molecule has 1 atom stereocenters. The molecule has 1 amide bonds. The van der Waals surface area contributed by atoms with E-state index in [2.05, 4.69) is 52.5 Å². The van der Waals surface area contributed by atoms with E-state index in [1.165, 1.54) is 11.1 Å². The third kappa shape index (κ3) is 4.83. The molecule has 144 valence electrons. The molecule has 1 aromatic heterocycles. The van der Waals surface area contributed by atoms with Gasteiger partial charge in [0.05, 0.1) is 18.2 Å². The number of amides is 1. The van der Waals surface area contributed by atoms with E-state index in [0.29, 0.717) is 19.7 Å². The van der Waals surface area contributed by atoms with Gasteiger partial charge in [0.2, 0.25) is 5.91 Å². The number of hydrogen-bond acceptors (Lipinski definition) is 5. The van der Waals surface area contributed by atoms with Crippen molar-refractivity contribution in [3.8, 4) is 11.3 Å². The first-order chi connectivity index (χ1) is 13.1. The summed E-state index contributed by atoms with van der Waals surface area (Å²) in [6, 6.07) is 10.3. The zero-order valence-corrected chi connectivity index (χ0v) is 16.4. The summed E-state index contributed by atoms with van der Waals surface area (Å²) in [5.41, 5.74) is 4.46. The van der Waals surface area contributed by atoms with Gasteiger partial charge in [0, 0.05) is 32.3 Å². The fourth-order valence-corrected chi connectivity index (χ4v) is 3.37. The monoisotopic (exact) mass is 368 g/mol. The number of aromatic nitrogens is 2. The molecule has 6 heteroatoms. The molecule has 1 fully saturated rings. The fraction of sp³-hybridized carbons (Fsp3) is 0.476. The van der Waals surface area contributed by atoms with Gasteiger partial charge in [-0.05, 0) is 56.0 Å². The van der Waals surface area contributed by atoms with Crippen LogP contribution in [0, 0.1) is 19.8 Å². The highest BCUT2D eigenvalue weighted by atomic mass is 16.5. The van der Waals surface area contributed by atoms with Crippen molar-refractivity contribution in [1.82, 2.24) is 15.5 Å². The number of anilines is 1. The molecule has 0 saturated carbocycles. The second kappa shape index (κ2) is 8.95. The zero-order valence-electron chi connectivity index (χ0n) is 16.4. The summed E-state index contributed by atoms with van der Waals surface area (Å²) in [4.78, 5) is 14.5. The predicted molar refractivity (Wildman–Crippen MR) is 107 cm³/mol. The van der Waals surface area contributed by atoms with Crippen molar-refractivity contribution in [3.05, 3.63) is 41.5 Å². The van der Waals surface area contributed by atoms with Crippen molar-refractivity contribution in [2.45, 2.75) is 26.7 Å². The summed E-state index contributed by atoms with van der Waals surface area (Å²) in [5, 5.41) is 11.8. The van der Waals surface area contributed by atoms with Gasteiger partial charge in [-0.2, -0.15) is 0 Å². The van der Waals surface area contributed by atoms with Crippen molar-refractivity contribution in [1.29, 1.82) is 0 Å². The zero-order chi connectivity index (χ0) is 19.2. The van der Waals surface area contributed by atoms with Crippen LogP contribution in [0.5, 0.6) is 0 Å². The largest absolute Gasteiger partial charge is 0.383 e. The Hall–Kier alpha value is -2.47. The summed E-state index contributed by atoms with van der Waals surface area (Å²) in [7, 11) is 1.63. The van der Waals surface area contributed by atoms with Crippen molar-refractivity contribution < 1.29 is 9.53 Å². The number of hydrogen-bond donors (Lipinski definition) is 1. The van der Waals surface area contributed by atoms with Crippen molar-refractivity contribution in [2.24, 2.45) is 5.92 Å². The average molecular weight is 368 g/mol. The molecule has 1 saturated heterocycles. The van der Waals surface area contributed by atoms with Gasteiger partial charge in [-0.3, -0.25) is 4.79 Å². The molecule has 1 aromatic carbocycles. The Bertz CT molecular complexity index is 776. The molecule has 6 nitrogen and oxygen atoms in total. The molecule has 1 aliphatic heterocycles. The highest BCUT2D eigenvalue weighted by Crippen LogP contribution is 2.24. The molecule has 0 unspecified atom stereocenters. The Balaban J connectivity index is 1.65. The normalized spacial score (nSPS) is 17.0. The Morgan fingerprint density at radius 1 is 1.22 bits per heavy atom. The topological polar surface area (TPSA) is 67.3 Å². The van der Waals surface area contributed by atoms with Gasteiger partial charge in [0.25, 0.3) is 0 Å². The maximum absolute atomic E-state index is 12.3. The molecule has 0 aliphatic carbocycles. The lowest BCUT2D eigenvalue weighted by atomic mass is 9.97. The highest BCUT2D eigenvalue weighted by Gasteiger charge is 2.26. The predicted octanol–water partition coefficient (Wildman–Crippen LogP) is 2.74. The van der Waals surface area contributed by atoms with E-state index in [9.17, 15) is 4.79 Å². The lowest BCUT2D eigenvalue weighted by Gasteiger charge is -2.32. The molecule has 0 bridgehead atoms. The van der Waals surface area contributed by atoms with Gasteiger partial charge in [-0.25, -0.2) is 0 Å². The summed E-state index contributed by atoms with van der Waals surface area (Å²) in [5.74, 6) is 0.908. The van der Waals surface area contributed by atoms with Gasteiger partial charge in [0.1, 0.15) is 0 Å². The number of nitrogens with zero attached hydrogens (tertiary/aromatic N) is 3. The molecular weight excluding hydrogens is 340 g/mol. The average Bonchev–Trinajstić information content (AvgIpc) is 2.70. The lowest BCUT2D eigenvalue weighted by Crippen LogP contribution is -2.44. The minimum Gasteiger partial charge on any atom is -0.383 e. The molecule has 1 N–H and O–H groups in total. The van der Waals surface area contributed by atoms with Crippen molar-refractivity contribution in [2.75, 3.05) is 38.3 Å². The van der Waals surface area contributed by atoms with E-state index in [4.69, 9.17) is 4.74 Å². The molecule has 3 rings (SSSR count). The number of benzene rings is 1. The van der Waals surface area contributed by atoms with Gasteiger partial charge >= 0.3 is 0 Å². The van der Waals surface area contributed by atoms with Crippen LogP contribution in [0.25, 0.3) is 11.3 Å². The molecule has 2 aromatic rings. The van der Waals surface area contributed by atoms with Crippen LogP contribution in [-0.2, 0) is 9.53 Å². The Morgan fingerprint density at radius 3 is 2.78 bits per heavy atom. The molecule has 0 spiro atoms. The first-order valence-electron chi connectivity index (χ1n) is 9.51. The summed E-state index contributed by atoms with van der Waals surface area (Å²) in [6.45, 7) is 6.87. The first-order valence-corrected chi connectivity index (χ1v) is 9.51. The summed E-state index contributed by atoms with van der Waals surface area (Å²) >= 11 is 0. The number of nitrogens with one attached hydrogen (secondary N) is 1. The third-order valence-electron chi connectivity index (χ3n) is 5.17. The number of aryl methyl sites for hydroxylation is 2. The maximum Gasteiger partial charge on any atom is 0.224 e. The molecule has 1 aliphatic rings. The fourth-order valence-electron chi connectivity index (χ4n) is 3.37. The number of methoxy groups -OCH3 is 1. The van der Waals surface area contributed by atoms with Crippen LogP contribution in [0.15, 0.2) is 30.3 Å². The first kappa shape index (κ1) is 19.3. The van der Waals surface area contributed by atoms with Gasteiger partial charge < -0.3 is 15.0 Å². The Labute approximate surface area is 160 Å². The number of carbonyl (C=O) groups is 1. The minimum absolute atomic E-state index is 0.0168. The third-order valence-corrected chi connectivity index (χ3v) is 5.17. The van der Waals surface area contributed by atoms with E-state index >= 15 is 0 Å². The van der Waals surface area contributed by atoms with Gasteiger partial charge in [-0.15, -0.1) is 10.2 Å². The van der Waals surface area contributed by atoms with Crippen molar-refractivity contribution >= 4 is 11.7 Å². The quantitative estimate of drug-likeness (QED) is 0.794. The number of piperidine rings is 1. The van der Waals surface area contributed by atoms with Gasteiger partial charge in [-0.1, -0.05) is 12.1 Å². The van der Waals surface area contributed by atoms with Crippen LogP contribution < -0.4 is 10.2 Å². The molecular formula is C21H28N4O2. The smallest absolute Gasteiger partial charge is 0.224 e. The highest BCUT2D eigenvalue weighted by molar-refractivity contribution is 5.79. The minimum atomic E-state index is -0.0168. The Morgan fingerprint density at radius 2 is 2.07 bits per heavy atom. The second-order valence-electron chi connectivity index (χ2n) is 7.14. The maximum atomic E-state index is 12.3. The van der Waals surface area contributed by atoms with E-state index in [1.807, 2.05) is 12.1 Å². The molecule has 27 heavy (non-hydrogen) atoms. The van der Waals surface area contributed by atoms with Crippen LogP contribution >= 0.6 is 0 Å². The second-order valence-corrected chi connectivity index (χ2v) is 7.14. The number of rotatable bonds is 6. The van der Waals surface area contributed by atoms with E-state index < -0.39 is 0 Å². The van der Waals surface area contributed by atoms with E-state index in [1.54, 1.807) is 7.11 Å². The Kier molecular flexibility index (Phi) is 6.40. The van der Waals surface area contributed by atoms with Gasteiger partial charge in [0.15, 0.2) is 5.82 Å². The standard InChI is InChI=1S/C21H28N4O2/c1-15-6-7-17(13-16(15)2)19-8-9-20(24-23-19)25-11-4-5-18(14-25)21(26)22-10-12-27-3/h6-9,13,18H,4-5,10-12,14H2,1-3H3,(H,22,26)/t18-/m0/s1. The lowest BCUT2D eigenvalue weighted by molar-refractivity contribution is -0.125. The SMILES string of the molecule is COCCNC(=O)[C@H]1CCCN(c2ccc(-c3ccc(C)c(C)c3)nn2)C1. The van der Waals surface area contributed by atoms with Crippen LogP contribution in [0.4, 0.5) is 5.82 Å². The summed E-state index contributed by atoms with van der Waals surface area (Å²) in [6.07, 6.45) is 1.88. The van der Waals surface area contributed by atoms with Crippen LogP contribution in [-0.4, -0.2) is 49.5 Å². The van der Waals surface area contributed by atoms with E-state index in [-0.39, 0.29) is 11.8 Å². The number of carbonyl (C=O) groups excluding carboxylic acids is 1. The molecule has 2 heterocycles. The van der Waals surface area contributed by atoms with Crippen LogP contribution in [0.3, 0.4) is 0 Å². The summed E-state index contributed by atoms with van der Waals surface area (Å²) < 4.78 is 4.99. The molecule has 0 radical (unpaired) electrons. The van der Waals surface area contributed by atoms with Crippen LogP contribution in [0.1, 0.15) is 24.0 Å². The number of ether oxygens (including phenoxy) is 1.